The van der Waals surface area contributed by atoms with E-state index in [9.17, 15) is 9.59 Å². The molecule has 1 aromatic heterocycles. The van der Waals surface area contributed by atoms with Crippen molar-refractivity contribution in [2.75, 3.05) is 23.0 Å². The maximum absolute atomic E-state index is 12.7. The summed E-state index contributed by atoms with van der Waals surface area (Å²) in [6, 6.07) is 22.6. The van der Waals surface area contributed by atoms with Gasteiger partial charge in [0, 0.05) is 17.1 Å². The minimum Gasteiger partial charge on any atom is -0.462 e. The lowest BCUT2D eigenvalue weighted by Gasteiger charge is -2.14. The van der Waals surface area contributed by atoms with E-state index < -0.39 is 0 Å². The highest BCUT2D eigenvalue weighted by atomic mass is 32.2. The zero-order chi connectivity index (χ0) is 26.2. The van der Waals surface area contributed by atoms with Gasteiger partial charge < -0.3 is 15.4 Å². The third-order valence-electron chi connectivity index (χ3n) is 5.63. The second-order valence-corrected chi connectivity index (χ2v) is 9.27. The highest BCUT2D eigenvalue weighted by molar-refractivity contribution is 7.99. The number of esters is 1. The van der Waals surface area contributed by atoms with E-state index in [4.69, 9.17) is 4.74 Å². The molecule has 0 aliphatic carbocycles. The fraction of sp³-hybridized carbons (Fsp3) is 0.214. The van der Waals surface area contributed by atoms with Crippen molar-refractivity contribution in [3.8, 4) is 5.69 Å². The van der Waals surface area contributed by atoms with E-state index in [-0.39, 0.29) is 17.6 Å². The van der Waals surface area contributed by atoms with E-state index in [0.29, 0.717) is 29.6 Å². The molecule has 0 unspecified atom stereocenters. The van der Waals surface area contributed by atoms with Gasteiger partial charge in [0.05, 0.1) is 24.5 Å². The zero-order valence-corrected chi connectivity index (χ0v) is 21.8. The lowest BCUT2D eigenvalue weighted by Crippen LogP contribution is -2.15. The van der Waals surface area contributed by atoms with Crippen LogP contribution in [0.1, 0.15) is 34.2 Å². The highest BCUT2D eigenvalue weighted by Crippen LogP contribution is 2.25. The lowest BCUT2D eigenvalue weighted by molar-refractivity contribution is -0.113. The van der Waals surface area contributed by atoms with Crippen LogP contribution in [-0.4, -0.2) is 39.0 Å². The van der Waals surface area contributed by atoms with Crippen LogP contribution in [0, 0.1) is 13.8 Å². The maximum atomic E-state index is 12.7. The Bertz CT molecular complexity index is 1350. The van der Waals surface area contributed by atoms with Gasteiger partial charge in [-0.15, -0.1) is 10.2 Å². The molecule has 9 heteroatoms. The molecule has 37 heavy (non-hydrogen) atoms. The van der Waals surface area contributed by atoms with Crippen LogP contribution in [0.5, 0.6) is 0 Å². The average molecular weight is 516 g/mol. The number of aromatic nitrogens is 3. The van der Waals surface area contributed by atoms with Gasteiger partial charge in [0.1, 0.15) is 0 Å². The Morgan fingerprint density at radius 2 is 1.62 bits per heavy atom. The van der Waals surface area contributed by atoms with Crippen LogP contribution in [0.25, 0.3) is 5.69 Å². The fourth-order valence-corrected chi connectivity index (χ4v) is 4.61. The molecule has 2 N–H and O–H groups in total. The van der Waals surface area contributed by atoms with Gasteiger partial charge in [-0.25, -0.2) is 4.79 Å². The largest absolute Gasteiger partial charge is 0.462 e. The van der Waals surface area contributed by atoms with Crippen LogP contribution in [0.4, 0.5) is 11.4 Å². The summed E-state index contributed by atoms with van der Waals surface area (Å²) in [4.78, 5) is 24.5. The Morgan fingerprint density at radius 3 is 2.30 bits per heavy atom. The number of anilines is 2. The van der Waals surface area contributed by atoms with Gasteiger partial charge in [0.2, 0.25) is 5.91 Å². The third-order valence-corrected chi connectivity index (χ3v) is 6.56. The molecule has 0 aliphatic heterocycles. The van der Waals surface area contributed by atoms with Crippen molar-refractivity contribution in [3.63, 3.8) is 0 Å². The smallest absolute Gasteiger partial charge is 0.338 e. The van der Waals surface area contributed by atoms with Crippen molar-refractivity contribution in [2.24, 2.45) is 0 Å². The molecule has 0 radical (unpaired) electrons. The maximum Gasteiger partial charge on any atom is 0.338 e. The molecule has 0 atom stereocenters. The standard InChI is InChI=1S/C28H29N5O3S/c1-4-36-27(35)21-13-15-22(16-14-21)30-25(34)18-37-28-32-31-24(33(28)23-11-6-5-7-12-23)17-29-26-19(2)9-8-10-20(26)3/h5-16,29H,4,17-18H2,1-3H3,(H,30,34). The Balaban J connectivity index is 1.45. The number of nitrogens with one attached hydrogen (secondary N) is 2. The number of amides is 1. The summed E-state index contributed by atoms with van der Waals surface area (Å²) in [5.41, 5.74) is 5.35. The van der Waals surface area contributed by atoms with Gasteiger partial charge in [-0.05, 0) is 68.3 Å². The Labute approximate surface area is 220 Å². The molecule has 4 aromatic rings. The van der Waals surface area contributed by atoms with Gasteiger partial charge in [-0.3, -0.25) is 9.36 Å². The quantitative estimate of drug-likeness (QED) is 0.215. The molecule has 0 spiro atoms. The van der Waals surface area contributed by atoms with Crippen molar-refractivity contribution in [2.45, 2.75) is 32.5 Å². The number of hydrogen-bond acceptors (Lipinski definition) is 7. The summed E-state index contributed by atoms with van der Waals surface area (Å²) in [6.07, 6.45) is 0. The van der Waals surface area contributed by atoms with Crippen LogP contribution in [-0.2, 0) is 16.1 Å². The number of carbonyl (C=O) groups excluding carboxylic acids is 2. The lowest BCUT2D eigenvalue weighted by atomic mass is 10.1. The Kier molecular flexibility index (Phi) is 8.58. The van der Waals surface area contributed by atoms with Gasteiger partial charge in [0.15, 0.2) is 11.0 Å². The van der Waals surface area contributed by atoms with E-state index in [2.05, 4.69) is 46.8 Å². The zero-order valence-electron chi connectivity index (χ0n) is 21.0. The van der Waals surface area contributed by atoms with Crippen LogP contribution in [0.3, 0.4) is 0 Å². The highest BCUT2D eigenvalue weighted by Gasteiger charge is 2.17. The first kappa shape index (κ1) is 26.0. The molecule has 1 heterocycles. The van der Waals surface area contributed by atoms with Crippen LogP contribution in [0.15, 0.2) is 78.0 Å². The molecule has 4 rings (SSSR count). The molecule has 0 saturated heterocycles. The molecule has 0 fully saturated rings. The number of carbonyl (C=O) groups is 2. The minimum absolute atomic E-state index is 0.148. The van der Waals surface area contributed by atoms with Crippen molar-refractivity contribution < 1.29 is 14.3 Å². The van der Waals surface area contributed by atoms with Gasteiger partial charge in [-0.2, -0.15) is 0 Å². The number of ether oxygens (including phenoxy) is 1. The summed E-state index contributed by atoms with van der Waals surface area (Å²) in [6.45, 7) is 6.69. The van der Waals surface area contributed by atoms with E-state index in [1.165, 1.54) is 11.8 Å². The molecule has 0 aliphatic rings. The SMILES string of the molecule is CCOC(=O)c1ccc(NC(=O)CSc2nnc(CNc3c(C)cccc3C)n2-c2ccccc2)cc1. The first-order valence-corrected chi connectivity index (χ1v) is 12.9. The molecular weight excluding hydrogens is 486 g/mol. The molecule has 190 valence electrons. The van der Waals surface area contributed by atoms with Crippen LogP contribution < -0.4 is 10.6 Å². The number of para-hydroxylation sites is 2. The summed E-state index contributed by atoms with van der Waals surface area (Å²) in [5.74, 6) is 0.312. The second-order valence-electron chi connectivity index (χ2n) is 8.32. The van der Waals surface area contributed by atoms with Crippen LogP contribution >= 0.6 is 11.8 Å². The van der Waals surface area contributed by atoms with Gasteiger partial charge >= 0.3 is 5.97 Å². The monoisotopic (exact) mass is 515 g/mol. The average Bonchev–Trinajstić information content (AvgIpc) is 3.31. The van der Waals surface area contributed by atoms with Crippen molar-refractivity contribution in [1.29, 1.82) is 0 Å². The molecule has 1 amide bonds. The Morgan fingerprint density at radius 1 is 0.919 bits per heavy atom. The molecular formula is C28H29N5O3S. The van der Waals surface area contributed by atoms with Crippen molar-refractivity contribution >= 4 is 35.0 Å². The summed E-state index contributed by atoms with van der Waals surface area (Å²) in [7, 11) is 0. The number of nitrogens with zero attached hydrogens (tertiary/aromatic N) is 3. The minimum atomic E-state index is -0.390. The second kappa shape index (κ2) is 12.2. The third kappa shape index (κ3) is 6.56. The van der Waals surface area contributed by atoms with E-state index in [0.717, 1.165) is 28.3 Å². The van der Waals surface area contributed by atoms with E-state index in [1.807, 2.05) is 41.0 Å². The van der Waals surface area contributed by atoms with Gasteiger partial charge in [-0.1, -0.05) is 48.2 Å². The fourth-order valence-electron chi connectivity index (χ4n) is 3.84. The van der Waals surface area contributed by atoms with Crippen LogP contribution in [0.2, 0.25) is 0 Å². The summed E-state index contributed by atoms with van der Waals surface area (Å²) < 4.78 is 6.96. The molecule has 0 bridgehead atoms. The summed E-state index contributed by atoms with van der Waals surface area (Å²) >= 11 is 1.31. The number of rotatable bonds is 10. The first-order chi connectivity index (χ1) is 18.0. The molecule has 0 saturated carbocycles. The number of aryl methyl sites for hydroxylation is 2. The van der Waals surface area contributed by atoms with Crippen molar-refractivity contribution in [3.05, 3.63) is 95.3 Å². The predicted octanol–water partition coefficient (Wildman–Crippen LogP) is 5.40. The Hall–Kier alpha value is -4.11. The molecule has 3 aromatic carbocycles. The first-order valence-electron chi connectivity index (χ1n) is 12.0. The number of thioether (sulfide) groups is 1. The normalized spacial score (nSPS) is 10.7. The van der Waals surface area contributed by atoms with Crippen molar-refractivity contribution in [1.82, 2.24) is 14.8 Å². The van der Waals surface area contributed by atoms with E-state index >= 15 is 0 Å². The van der Waals surface area contributed by atoms with E-state index in [1.54, 1.807) is 31.2 Å². The number of hydrogen-bond donors (Lipinski definition) is 2. The van der Waals surface area contributed by atoms with Gasteiger partial charge in [0.25, 0.3) is 0 Å². The molecule has 8 nitrogen and oxygen atoms in total. The summed E-state index contributed by atoms with van der Waals surface area (Å²) in [5, 5.41) is 15.8. The topological polar surface area (TPSA) is 98.1 Å². The predicted molar refractivity (Wildman–Crippen MR) is 146 cm³/mol. The number of benzene rings is 3.